The molecule has 0 bridgehead atoms. The van der Waals surface area contributed by atoms with Gasteiger partial charge in [-0.2, -0.15) is 4.98 Å². The van der Waals surface area contributed by atoms with E-state index in [1.807, 2.05) is 6.92 Å². The molecule has 0 radical (unpaired) electrons. The summed E-state index contributed by atoms with van der Waals surface area (Å²) in [5, 5.41) is 9.44. The Morgan fingerprint density at radius 1 is 1.65 bits per heavy atom. The topological polar surface area (TPSA) is 92.3 Å². The van der Waals surface area contributed by atoms with E-state index in [2.05, 4.69) is 9.97 Å². The van der Waals surface area contributed by atoms with E-state index in [4.69, 9.17) is 4.74 Å². The summed E-state index contributed by atoms with van der Waals surface area (Å²) in [6.45, 7) is 3.15. The maximum absolute atomic E-state index is 11.8. The molecule has 1 aliphatic rings. The number of rotatable bonds is 2. The van der Waals surface area contributed by atoms with Crippen molar-refractivity contribution in [2.75, 3.05) is 0 Å². The minimum absolute atomic E-state index is 0.00537. The predicted molar refractivity (Wildman–Crippen MR) is 59.8 cm³/mol. The lowest BCUT2D eigenvalue weighted by Gasteiger charge is -2.19. The van der Waals surface area contributed by atoms with Gasteiger partial charge in [0.15, 0.2) is 11.6 Å². The largest absolute Gasteiger partial charge is 0.443 e. The Balaban J connectivity index is 2.65. The molecule has 1 atom stereocenters. The average molecular weight is 236 g/mol. The molecule has 1 aromatic rings. The van der Waals surface area contributed by atoms with E-state index < -0.39 is 11.8 Å². The molecule has 2 N–H and O–H groups in total. The average Bonchev–Trinajstić information content (AvgIpc) is 2.26. The molecule has 0 aromatic carbocycles. The SMILES string of the molecule is CCC1=CC(O)Oc2nc(C(C)=O)[nH]c(=O)c21. The molecule has 1 aliphatic heterocycles. The summed E-state index contributed by atoms with van der Waals surface area (Å²) in [4.78, 5) is 29.3. The van der Waals surface area contributed by atoms with Gasteiger partial charge in [0.2, 0.25) is 12.2 Å². The van der Waals surface area contributed by atoms with E-state index in [1.54, 1.807) is 0 Å². The molecule has 0 aliphatic carbocycles. The van der Waals surface area contributed by atoms with Crippen LogP contribution in [0.1, 0.15) is 36.5 Å². The van der Waals surface area contributed by atoms with Crippen molar-refractivity contribution in [1.29, 1.82) is 0 Å². The maximum atomic E-state index is 11.8. The zero-order chi connectivity index (χ0) is 12.6. The number of aliphatic hydroxyl groups is 1. The number of nitrogens with zero attached hydrogens (tertiary/aromatic N) is 1. The van der Waals surface area contributed by atoms with Gasteiger partial charge in [-0.3, -0.25) is 9.59 Å². The number of carbonyl (C=O) groups excluding carboxylic acids is 1. The van der Waals surface area contributed by atoms with E-state index >= 15 is 0 Å². The van der Waals surface area contributed by atoms with Crippen LogP contribution in [0.3, 0.4) is 0 Å². The van der Waals surface area contributed by atoms with Crippen LogP contribution in [0.15, 0.2) is 10.9 Å². The van der Waals surface area contributed by atoms with E-state index in [0.717, 1.165) is 0 Å². The van der Waals surface area contributed by atoms with Crippen molar-refractivity contribution >= 4 is 11.4 Å². The highest BCUT2D eigenvalue weighted by Crippen LogP contribution is 2.28. The number of ether oxygens (including phenoxy) is 1. The van der Waals surface area contributed by atoms with Gasteiger partial charge in [-0.1, -0.05) is 6.92 Å². The van der Waals surface area contributed by atoms with Crippen molar-refractivity contribution in [2.24, 2.45) is 0 Å². The van der Waals surface area contributed by atoms with Crippen molar-refractivity contribution in [3.8, 4) is 5.88 Å². The predicted octanol–water partition coefficient (Wildman–Crippen LogP) is 0.477. The number of nitrogens with one attached hydrogen (secondary N) is 1. The van der Waals surface area contributed by atoms with Crippen molar-refractivity contribution < 1.29 is 14.6 Å². The molecule has 0 fully saturated rings. The fraction of sp³-hybridized carbons (Fsp3) is 0.364. The van der Waals surface area contributed by atoms with Crippen molar-refractivity contribution in [1.82, 2.24) is 9.97 Å². The zero-order valence-electron chi connectivity index (χ0n) is 9.48. The number of aromatic amines is 1. The smallest absolute Gasteiger partial charge is 0.262 e. The molecule has 2 rings (SSSR count). The molecule has 0 saturated carbocycles. The fourth-order valence-corrected chi connectivity index (χ4v) is 1.69. The molecule has 0 amide bonds. The number of aromatic nitrogens is 2. The van der Waals surface area contributed by atoms with Crippen LogP contribution in [-0.2, 0) is 0 Å². The Hall–Kier alpha value is -1.95. The zero-order valence-corrected chi connectivity index (χ0v) is 9.48. The van der Waals surface area contributed by atoms with E-state index in [0.29, 0.717) is 12.0 Å². The Bertz CT molecular complexity index is 559. The number of allylic oxidation sites excluding steroid dienone is 1. The van der Waals surface area contributed by atoms with Gasteiger partial charge in [-0.25, -0.2) is 0 Å². The third-order valence-corrected chi connectivity index (χ3v) is 2.50. The number of hydrogen-bond acceptors (Lipinski definition) is 5. The van der Waals surface area contributed by atoms with Crippen LogP contribution in [-0.4, -0.2) is 27.1 Å². The van der Waals surface area contributed by atoms with Crippen LogP contribution < -0.4 is 10.3 Å². The highest BCUT2D eigenvalue weighted by Gasteiger charge is 2.24. The van der Waals surface area contributed by atoms with Gasteiger partial charge < -0.3 is 14.8 Å². The molecule has 90 valence electrons. The molecule has 6 nitrogen and oxygen atoms in total. The maximum Gasteiger partial charge on any atom is 0.262 e. The van der Waals surface area contributed by atoms with E-state index in [-0.39, 0.29) is 23.1 Å². The molecule has 2 heterocycles. The van der Waals surface area contributed by atoms with Gasteiger partial charge in [0.05, 0.1) is 0 Å². The Labute approximate surface area is 97.0 Å². The molecule has 0 spiro atoms. The van der Waals surface area contributed by atoms with Gasteiger partial charge in [-0.15, -0.1) is 0 Å². The molecule has 1 aromatic heterocycles. The molecule has 0 saturated heterocycles. The number of carbonyl (C=O) groups is 1. The van der Waals surface area contributed by atoms with Gasteiger partial charge in [0.25, 0.3) is 5.56 Å². The monoisotopic (exact) mass is 236 g/mol. The van der Waals surface area contributed by atoms with Crippen LogP contribution in [0.5, 0.6) is 5.88 Å². The van der Waals surface area contributed by atoms with Crippen LogP contribution in [0, 0.1) is 0 Å². The van der Waals surface area contributed by atoms with Gasteiger partial charge in [0, 0.05) is 6.92 Å². The Kier molecular flexibility index (Phi) is 2.81. The second-order valence-electron chi connectivity index (χ2n) is 3.70. The summed E-state index contributed by atoms with van der Waals surface area (Å²) >= 11 is 0. The second kappa shape index (κ2) is 4.14. The number of hydrogen-bond donors (Lipinski definition) is 2. The van der Waals surface area contributed by atoms with Crippen molar-refractivity contribution in [3.05, 3.63) is 27.8 Å². The molecule has 6 heteroatoms. The minimum Gasteiger partial charge on any atom is -0.443 e. The third-order valence-electron chi connectivity index (χ3n) is 2.50. The quantitative estimate of drug-likeness (QED) is 0.728. The second-order valence-corrected chi connectivity index (χ2v) is 3.70. The van der Waals surface area contributed by atoms with Gasteiger partial charge in [0.1, 0.15) is 5.56 Å². The molecular formula is C11H12N2O4. The molecule has 17 heavy (non-hydrogen) atoms. The van der Waals surface area contributed by atoms with Gasteiger partial charge in [-0.05, 0) is 18.1 Å². The van der Waals surface area contributed by atoms with Crippen LogP contribution in [0.4, 0.5) is 0 Å². The van der Waals surface area contributed by atoms with Crippen LogP contribution in [0.2, 0.25) is 0 Å². The highest BCUT2D eigenvalue weighted by atomic mass is 16.6. The Morgan fingerprint density at radius 2 is 2.35 bits per heavy atom. The summed E-state index contributed by atoms with van der Waals surface area (Å²) in [6.07, 6.45) is 0.885. The fourth-order valence-electron chi connectivity index (χ4n) is 1.69. The van der Waals surface area contributed by atoms with Crippen molar-refractivity contribution in [2.45, 2.75) is 26.6 Å². The van der Waals surface area contributed by atoms with E-state index in [9.17, 15) is 14.7 Å². The number of aliphatic hydroxyl groups excluding tert-OH is 1. The summed E-state index contributed by atoms with van der Waals surface area (Å²) in [5.74, 6) is -0.431. The first-order valence-electron chi connectivity index (χ1n) is 5.24. The first-order valence-corrected chi connectivity index (χ1v) is 5.24. The standard InChI is InChI=1S/C11H12N2O4/c1-3-6-4-7(15)17-11-8(6)10(16)12-9(13-11)5(2)14/h4,7,15H,3H2,1-2H3,(H,12,13,16). The van der Waals surface area contributed by atoms with Crippen LogP contribution in [0.25, 0.3) is 5.57 Å². The van der Waals surface area contributed by atoms with E-state index in [1.165, 1.54) is 13.0 Å². The number of ketones is 1. The first-order chi connectivity index (χ1) is 8.02. The van der Waals surface area contributed by atoms with Crippen molar-refractivity contribution in [3.63, 3.8) is 0 Å². The minimum atomic E-state index is -1.13. The first kappa shape index (κ1) is 11.5. The Morgan fingerprint density at radius 3 is 2.94 bits per heavy atom. The lowest BCUT2D eigenvalue weighted by Crippen LogP contribution is -2.27. The lowest BCUT2D eigenvalue weighted by atomic mass is 10.0. The summed E-state index contributed by atoms with van der Waals surface area (Å²) in [7, 11) is 0. The highest BCUT2D eigenvalue weighted by molar-refractivity contribution is 5.90. The third kappa shape index (κ3) is 1.99. The molecular weight excluding hydrogens is 224 g/mol. The number of H-pyrrole nitrogens is 1. The number of Topliss-reactive ketones (excluding diaryl/α,β-unsaturated/α-hetero) is 1. The lowest BCUT2D eigenvalue weighted by molar-refractivity contribution is 0.0181. The molecule has 1 unspecified atom stereocenters. The van der Waals surface area contributed by atoms with Gasteiger partial charge >= 0.3 is 0 Å². The van der Waals surface area contributed by atoms with Crippen LogP contribution >= 0.6 is 0 Å². The summed E-state index contributed by atoms with van der Waals surface area (Å²) in [6, 6.07) is 0. The normalized spacial score (nSPS) is 18.1. The summed E-state index contributed by atoms with van der Waals surface area (Å²) in [5.41, 5.74) is 0.505. The summed E-state index contributed by atoms with van der Waals surface area (Å²) < 4.78 is 5.03. The number of fused-ring (bicyclic) bond motifs is 1.